The summed E-state index contributed by atoms with van der Waals surface area (Å²) in [5.41, 5.74) is -0.478. The molecule has 14 heteroatoms. The molecule has 0 bridgehead atoms. The van der Waals surface area contributed by atoms with E-state index in [1.165, 1.54) is 12.3 Å². The third-order valence-corrected chi connectivity index (χ3v) is 6.03. The molecule has 0 spiro atoms. The van der Waals surface area contributed by atoms with Gasteiger partial charge in [-0.15, -0.1) is 13.2 Å². The van der Waals surface area contributed by atoms with E-state index in [1.54, 1.807) is 13.8 Å². The van der Waals surface area contributed by atoms with Crippen LogP contribution >= 0.6 is 0 Å². The topological polar surface area (TPSA) is 103 Å². The quantitative estimate of drug-likeness (QED) is 0.231. The van der Waals surface area contributed by atoms with Gasteiger partial charge in [0.05, 0.1) is 16.8 Å². The van der Waals surface area contributed by atoms with Gasteiger partial charge in [0.15, 0.2) is 5.82 Å². The molecule has 0 unspecified atom stereocenters. The number of hydrogen-bond acceptors (Lipinski definition) is 6. The Morgan fingerprint density at radius 2 is 1.77 bits per heavy atom. The van der Waals surface area contributed by atoms with Gasteiger partial charge < -0.3 is 14.4 Å². The summed E-state index contributed by atoms with van der Waals surface area (Å²) in [5.74, 6) is -2.53. The van der Waals surface area contributed by atoms with Crippen molar-refractivity contribution in [2.24, 2.45) is 0 Å². The maximum atomic E-state index is 13.9. The van der Waals surface area contributed by atoms with E-state index in [0.717, 1.165) is 41.2 Å². The van der Waals surface area contributed by atoms with Crippen LogP contribution in [-0.4, -0.2) is 37.1 Å². The van der Waals surface area contributed by atoms with Crippen molar-refractivity contribution in [2.45, 2.75) is 26.4 Å². The molecule has 40 heavy (non-hydrogen) atoms. The zero-order chi connectivity index (χ0) is 29.0. The van der Waals surface area contributed by atoms with Gasteiger partial charge in [-0.2, -0.15) is 13.2 Å². The second-order valence-corrected chi connectivity index (χ2v) is 8.64. The highest BCUT2D eigenvalue weighted by molar-refractivity contribution is 6.00. The smallest absolute Gasteiger partial charge is 0.478 e. The maximum absolute atomic E-state index is 13.9. The van der Waals surface area contributed by atoms with Crippen LogP contribution in [0.15, 0.2) is 59.5 Å². The van der Waals surface area contributed by atoms with Crippen molar-refractivity contribution < 1.29 is 45.5 Å². The Kier molecular flexibility index (Phi) is 6.27. The minimum Gasteiger partial charge on any atom is -0.478 e. The molecule has 0 radical (unpaired) electrons. The van der Waals surface area contributed by atoms with Gasteiger partial charge in [-0.05, 0) is 50.2 Å². The van der Waals surface area contributed by atoms with Crippen LogP contribution in [0, 0.1) is 13.8 Å². The molecule has 0 aliphatic rings. The van der Waals surface area contributed by atoms with E-state index < -0.39 is 41.2 Å². The minimum atomic E-state index is -5.20. The monoisotopic (exact) mass is 562 g/mol. The van der Waals surface area contributed by atoms with Gasteiger partial charge in [0.25, 0.3) is 0 Å². The first-order valence-electron chi connectivity index (χ1n) is 11.3. The average Bonchev–Trinajstić information content (AvgIpc) is 3.41. The number of halogens is 6. The zero-order valence-corrected chi connectivity index (χ0v) is 20.4. The fourth-order valence-corrected chi connectivity index (χ4v) is 4.41. The summed E-state index contributed by atoms with van der Waals surface area (Å²) < 4.78 is 92.0. The molecule has 0 amide bonds. The fraction of sp³-hybridized carbons (Fsp3) is 0.154. The van der Waals surface area contributed by atoms with Crippen molar-refractivity contribution in [3.8, 4) is 33.8 Å². The summed E-state index contributed by atoms with van der Waals surface area (Å²) in [5, 5.41) is 13.3. The molecule has 4 aromatic heterocycles. The first-order chi connectivity index (χ1) is 18.7. The van der Waals surface area contributed by atoms with Crippen LogP contribution in [-0.2, 0) is 6.18 Å². The summed E-state index contributed by atoms with van der Waals surface area (Å²) in [6.45, 7) is 3.29. The molecule has 1 N–H and O–H groups in total. The van der Waals surface area contributed by atoms with Crippen LogP contribution < -0.4 is 4.74 Å². The summed E-state index contributed by atoms with van der Waals surface area (Å²) in [4.78, 5) is 19.7. The lowest BCUT2D eigenvalue weighted by molar-refractivity contribution is -0.274. The van der Waals surface area contributed by atoms with E-state index in [1.807, 2.05) is 0 Å². The Bertz CT molecular complexity index is 1750. The lowest BCUT2D eigenvalue weighted by Gasteiger charge is -2.14. The summed E-state index contributed by atoms with van der Waals surface area (Å²) in [6, 6.07) is 6.24. The van der Waals surface area contributed by atoms with E-state index in [4.69, 9.17) is 4.52 Å². The van der Waals surface area contributed by atoms with E-state index >= 15 is 0 Å². The molecule has 4 heterocycles. The lowest BCUT2D eigenvalue weighted by atomic mass is 10.00. The number of nitrogens with zero attached hydrogens (tertiary/aromatic N) is 4. The number of carboxylic acid groups (broad SMARTS) is 1. The molecule has 0 aliphatic carbocycles. The largest absolute Gasteiger partial charge is 0.573 e. The standard InChI is InChI=1S/C26H16F6N4O4/c1-12-21(13(2)40-35-12)15-8-17-18(16-6-5-14(24(37)38)9-20(16)39-26(30,31)32)11-36(22(17)34-10-15)23-19(25(27,28)29)4-3-7-33-23/h3-11H,1-2H3,(H,37,38). The van der Waals surface area contributed by atoms with Gasteiger partial charge in [-0.1, -0.05) is 5.16 Å². The first-order valence-corrected chi connectivity index (χ1v) is 11.3. The van der Waals surface area contributed by atoms with Gasteiger partial charge in [0.1, 0.15) is 17.2 Å². The highest BCUT2D eigenvalue weighted by Gasteiger charge is 2.36. The number of rotatable bonds is 5. The Morgan fingerprint density at radius 3 is 2.40 bits per heavy atom. The molecule has 5 aromatic rings. The number of aromatic nitrogens is 4. The number of alkyl halides is 6. The van der Waals surface area contributed by atoms with Crippen molar-refractivity contribution in [1.82, 2.24) is 19.7 Å². The van der Waals surface area contributed by atoms with E-state index in [9.17, 15) is 36.2 Å². The minimum absolute atomic E-state index is 0.0222. The number of carboxylic acids is 1. The summed E-state index contributed by atoms with van der Waals surface area (Å²) >= 11 is 0. The van der Waals surface area contributed by atoms with Crippen LogP contribution in [0.3, 0.4) is 0 Å². The van der Waals surface area contributed by atoms with Crippen LogP contribution in [0.25, 0.3) is 39.1 Å². The van der Waals surface area contributed by atoms with Crippen LogP contribution in [0.4, 0.5) is 26.3 Å². The van der Waals surface area contributed by atoms with Crippen molar-refractivity contribution in [3.05, 3.63) is 77.6 Å². The summed E-state index contributed by atoms with van der Waals surface area (Å²) in [7, 11) is 0. The highest BCUT2D eigenvalue weighted by Crippen LogP contribution is 2.42. The van der Waals surface area contributed by atoms with E-state index in [2.05, 4.69) is 19.9 Å². The van der Waals surface area contributed by atoms with Crippen LogP contribution in [0.5, 0.6) is 5.75 Å². The molecule has 8 nitrogen and oxygen atoms in total. The third kappa shape index (κ3) is 4.83. The Labute approximate surface area is 220 Å². The number of fused-ring (bicyclic) bond motifs is 1. The van der Waals surface area contributed by atoms with Crippen molar-refractivity contribution in [1.29, 1.82) is 0 Å². The average molecular weight is 562 g/mol. The highest BCUT2D eigenvalue weighted by atomic mass is 19.4. The number of aromatic carboxylic acids is 1. The number of hydrogen-bond donors (Lipinski definition) is 1. The molecule has 0 saturated heterocycles. The second kappa shape index (κ2) is 9.39. The zero-order valence-electron chi connectivity index (χ0n) is 20.4. The number of pyridine rings is 2. The van der Waals surface area contributed by atoms with Gasteiger partial charge in [-0.3, -0.25) is 4.57 Å². The van der Waals surface area contributed by atoms with Crippen molar-refractivity contribution in [2.75, 3.05) is 0 Å². The molecular weight excluding hydrogens is 546 g/mol. The molecule has 0 aliphatic heterocycles. The normalized spacial score (nSPS) is 12.2. The fourth-order valence-electron chi connectivity index (χ4n) is 4.41. The molecule has 0 fully saturated rings. The summed E-state index contributed by atoms with van der Waals surface area (Å²) in [6.07, 6.45) is -6.37. The predicted octanol–water partition coefficient (Wildman–Crippen LogP) is 6.97. The van der Waals surface area contributed by atoms with Crippen molar-refractivity contribution >= 4 is 17.0 Å². The molecule has 206 valence electrons. The molecule has 5 rings (SSSR count). The molecule has 1 aromatic carbocycles. The Morgan fingerprint density at radius 1 is 1.02 bits per heavy atom. The Hall–Kier alpha value is -4.88. The van der Waals surface area contributed by atoms with E-state index in [-0.39, 0.29) is 22.2 Å². The van der Waals surface area contributed by atoms with Gasteiger partial charge in [0.2, 0.25) is 0 Å². The number of ether oxygens (including phenoxy) is 1. The second-order valence-electron chi connectivity index (χ2n) is 8.64. The van der Waals surface area contributed by atoms with Gasteiger partial charge >= 0.3 is 18.5 Å². The molecular formula is C26H16F6N4O4. The lowest BCUT2D eigenvalue weighted by Crippen LogP contribution is -2.18. The van der Waals surface area contributed by atoms with Crippen LogP contribution in [0.1, 0.15) is 27.4 Å². The first kappa shape index (κ1) is 26.7. The van der Waals surface area contributed by atoms with Gasteiger partial charge in [-0.25, -0.2) is 14.8 Å². The van der Waals surface area contributed by atoms with Crippen molar-refractivity contribution in [3.63, 3.8) is 0 Å². The number of benzene rings is 1. The Balaban J connectivity index is 1.85. The van der Waals surface area contributed by atoms with Gasteiger partial charge in [0, 0.05) is 46.2 Å². The van der Waals surface area contributed by atoms with Crippen LogP contribution in [0.2, 0.25) is 0 Å². The van der Waals surface area contributed by atoms with E-state index in [0.29, 0.717) is 28.6 Å². The number of carbonyl (C=O) groups is 1. The molecule has 0 saturated carbocycles. The SMILES string of the molecule is Cc1noc(C)c1-c1cnc2c(c1)c(-c1ccc(C(=O)O)cc1OC(F)(F)F)cn2-c1ncccc1C(F)(F)F. The predicted molar refractivity (Wildman–Crippen MR) is 128 cm³/mol. The maximum Gasteiger partial charge on any atom is 0.573 e. The number of aryl methyl sites for hydroxylation is 2. The third-order valence-electron chi connectivity index (χ3n) is 6.03. The molecule has 0 atom stereocenters.